The number of rotatable bonds is 5. The number of hydrazine groups is 1. The quantitative estimate of drug-likeness (QED) is 0.432. The fraction of sp³-hybridized carbons (Fsp3) is 1.00. The van der Waals surface area contributed by atoms with Gasteiger partial charge in [0.25, 0.3) is 0 Å². The molecule has 0 rings (SSSR count). The predicted octanol–water partition coefficient (Wildman–Crippen LogP) is 0.102. The minimum absolute atomic E-state index is 0.238. The van der Waals surface area contributed by atoms with Crippen LogP contribution >= 0.6 is 0 Å². The Bertz CT molecular complexity index is 99.7. The SMILES string of the molecule is CNC(C)C(C)C(C)NNO. The van der Waals surface area contributed by atoms with E-state index in [9.17, 15) is 0 Å². The number of hydrogen-bond donors (Lipinski definition) is 4. The average molecular weight is 161 g/mol. The smallest absolute Gasteiger partial charge is 0.0246 e. The summed E-state index contributed by atoms with van der Waals surface area (Å²) in [5, 5.41) is 11.5. The molecular weight excluding hydrogens is 142 g/mol. The highest BCUT2D eigenvalue weighted by Gasteiger charge is 2.16. The lowest BCUT2D eigenvalue weighted by Gasteiger charge is -2.25. The molecule has 0 aromatic rings. The standard InChI is InChI=1S/C7H19N3O/c1-5(6(2)8-4)7(3)9-10-11/h5-11H,1-4H3. The molecule has 0 radical (unpaired) electrons. The van der Waals surface area contributed by atoms with E-state index in [0.717, 1.165) is 0 Å². The van der Waals surface area contributed by atoms with Gasteiger partial charge in [-0.25, -0.2) is 5.43 Å². The third kappa shape index (κ3) is 3.67. The van der Waals surface area contributed by atoms with Crippen LogP contribution in [0, 0.1) is 5.92 Å². The Hall–Kier alpha value is -0.160. The van der Waals surface area contributed by atoms with Crippen LogP contribution in [0.2, 0.25) is 0 Å². The van der Waals surface area contributed by atoms with Crippen LogP contribution < -0.4 is 16.3 Å². The predicted molar refractivity (Wildman–Crippen MR) is 45.2 cm³/mol. The Balaban J connectivity index is 3.70. The summed E-state index contributed by atoms with van der Waals surface area (Å²) in [4.78, 5) is 0. The van der Waals surface area contributed by atoms with Gasteiger partial charge in [-0.15, -0.1) is 5.59 Å². The van der Waals surface area contributed by atoms with Gasteiger partial charge in [0.1, 0.15) is 0 Å². The van der Waals surface area contributed by atoms with Crippen LogP contribution in [0.4, 0.5) is 0 Å². The molecule has 0 aliphatic heterocycles. The van der Waals surface area contributed by atoms with E-state index in [1.165, 1.54) is 0 Å². The lowest BCUT2D eigenvalue weighted by molar-refractivity contribution is 0.0925. The molecule has 11 heavy (non-hydrogen) atoms. The highest BCUT2D eigenvalue weighted by atomic mass is 16.5. The minimum Gasteiger partial charge on any atom is -0.317 e. The van der Waals surface area contributed by atoms with Crippen LogP contribution in [0.25, 0.3) is 0 Å². The number of nitrogens with one attached hydrogen (secondary N) is 3. The van der Waals surface area contributed by atoms with Crippen LogP contribution in [0.15, 0.2) is 0 Å². The van der Waals surface area contributed by atoms with E-state index in [-0.39, 0.29) is 6.04 Å². The fourth-order valence-corrected chi connectivity index (χ4v) is 0.929. The first-order valence-electron chi connectivity index (χ1n) is 3.95. The molecule has 3 atom stereocenters. The van der Waals surface area contributed by atoms with Gasteiger partial charge < -0.3 is 10.5 Å². The normalized spacial score (nSPS) is 19.4. The highest BCUT2D eigenvalue weighted by molar-refractivity contribution is 4.74. The van der Waals surface area contributed by atoms with Gasteiger partial charge in [-0.3, -0.25) is 0 Å². The first-order valence-corrected chi connectivity index (χ1v) is 3.95. The van der Waals surface area contributed by atoms with Gasteiger partial charge >= 0.3 is 0 Å². The Kier molecular flexibility index (Phi) is 5.41. The Morgan fingerprint density at radius 2 is 1.64 bits per heavy atom. The summed E-state index contributed by atoms with van der Waals surface area (Å²) in [5.41, 5.74) is 4.68. The van der Waals surface area contributed by atoms with E-state index in [1.807, 2.05) is 19.6 Å². The van der Waals surface area contributed by atoms with Gasteiger partial charge in [0, 0.05) is 12.1 Å². The molecule has 4 heteroatoms. The van der Waals surface area contributed by atoms with Crippen molar-refractivity contribution in [2.24, 2.45) is 5.92 Å². The second kappa shape index (κ2) is 5.49. The Morgan fingerprint density at radius 3 is 2.00 bits per heavy atom. The first kappa shape index (κ1) is 10.8. The van der Waals surface area contributed by atoms with Crippen molar-refractivity contribution < 1.29 is 5.21 Å². The maximum absolute atomic E-state index is 8.36. The van der Waals surface area contributed by atoms with Crippen molar-refractivity contribution >= 4 is 0 Å². The van der Waals surface area contributed by atoms with E-state index in [2.05, 4.69) is 24.6 Å². The van der Waals surface area contributed by atoms with Crippen molar-refractivity contribution in [3.05, 3.63) is 0 Å². The molecule has 4 N–H and O–H groups in total. The molecule has 0 fully saturated rings. The second-order valence-corrected chi connectivity index (χ2v) is 2.98. The van der Waals surface area contributed by atoms with Crippen molar-refractivity contribution in [2.75, 3.05) is 7.05 Å². The zero-order chi connectivity index (χ0) is 8.85. The summed E-state index contributed by atoms with van der Waals surface area (Å²) in [6, 6.07) is 0.674. The van der Waals surface area contributed by atoms with Crippen molar-refractivity contribution in [3.8, 4) is 0 Å². The van der Waals surface area contributed by atoms with Crippen molar-refractivity contribution in [1.82, 2.24) is 16.3 Å². The molecule has 0 aromatic heterocycles. The molecule has 0 saturated carbocycles. The van der Waals surface area contributed by atoms with E-state index >= 15 is 0 Å². The van der Waals surface area contributed by atoms with Crippen LogP contribution in [-0.4, -0.2) is 24.3 Å². The molecule has 0 aliphatic carbocycles. The van der Waals surface area contributed by atoms with Crippen molar-refractivity contribution in [1.29, 1.82) is 0 Å². The summed E-state index contributed by atoms with van der Waals surface area (Å²) in [5.74, 6) is 0.458. The maximum Gasteiger partial charge on any atom is 0.0246 e. The van der Waals surface area contributed by atoms with Gasteiger partial charge in [0.15, 0.2) is 0 Å². The average Bonchev–Trinajstić information content (AvgIpc) is 2.02. The molecule has 4 nitrogen and oxygen atoms in total. The van der Waals surface area contributed by atoms with E-state index in [0.29, 0.717) is 12.0 Å². The molecule has 0 aromatic carbocycles. The zero-order valence-corrected chi connectivity index (χ0v) is 7.68. The monoisotopic (exact) mass is 161 g/mol. The second-order valence-electron chi connectivity index (χ2n) is 2.98. The molecule has 0 saturated heterocycles. The van der Waals surface area contributed by atoms with Crippen molar-refractivity contribution in [2.45, 2.75) is 32.9 Å². The van der Waals surface area contributed by atoms with Gasteiger partial charge in [-0.2, -0.15) is 0 Å². The number of hydrogen-bond acceptors (Lipinski definition) is 4. The lowest BCUT2D eigenvalue weighted by Crippen LogP contribution is -2.46. The van der Waals surface area contributed by atoms with Crippen LogP contribution in [0.1, 0.15) is 20.8 Å². The van der Waals surface area contributed by atoms with Crippen LogP contribution in [0.5, 0.6) is 0 Å². The van der Waals surface area contributed by atoms with Crippen LogP contribution in [0.3, 0.4) is 0 Å². The largest absolute Gasteiger partial charge is 0.317 e. The summed E-state index contributed by atoms with van der Waals surface area (Å²) in [6.45, 7) is 6.25. The van der Waals surface area contributed by atoms with Gasteiger partial charge in [0.05, 0.1) is 0 Å². The zero-order valence-electron chi connectivity index (χ0n) is 7.68. The molecule has 68 valence electrons. The topological polar surface area (TPSA) is 56.3 Å². The molecular formula is C7H19N3O. The third-order valence-corrected chi connectivity index (χ3v) is 2.32. The van der Waals surface area contributed by atoms with Gasteiger partial charge in [0.2, 0.25) is 0 Å². The first-order chi connectivity index (χ1) is 5.13. The van der Waals surface area contributed by atoms with E-state index < -0.39 is 0 Å². The molecule has 0 heterocycles. The summed E-state index contributed by atoms with van der Waals surface area (Å²) in [6.07, 6.45) is 0. The fourth-order valence-electron chi connectivity index (χ4n) is 0.929. The molecule has 0 amide bonds. The molecule has 0 spiro atoms. The highest BCUT2D eigenvalue weighted by Crippen LogP contribution is 2.06. The van der Waals surface area contributed by atoms with E-state index in [1.54, 1.807) is 0 Å². The van der Waals surface area contributed by atoms with Gasteiger partial charge in [-0.1, -0.05) is 6.92 Å². The maximum atomic E-state index is 8.36. The van der Waals surface area contributed by atoms with Crippen LogP contribution in [-0.2, 0) is 0 Å². The summed E-state index contributed by atoms with van der Waals surface area (Å²) in [7, 11) is 1.93. The molecule has 0 aliphatic rings. The molecule has 0 bridgehead atoms. The van der Waals surface area contributed by atoms with Crippen molar-refractivity contribution in [3.63, 3.8) is 0 Å². The lowest BCUT2D eigenvalue weighted by atomic mass is 9.97. The Morgan fingerprint density at radius 1 is 1.09 bits per heavy atom. The Labute approximate surface area is 68.3 Å². The summed E-state index contributed by atoms with van der Waals surface area (Å²) >= 11 is 0. The summed E-state index contributed by atoms with van der Waals surface area (Å²) < 4.78 is 0. The van der Waals surface area contributed by atoms with E-state index in [4.69, 9.17) is 5.21 Å². The third-order valence-electron chi connectivity index (χ3n) is 2.32. The minimum atomic E-state index is 0.238. The molecule has 3 unspecified atom stereocenters. The van der Waals surface area contributed by atoms with Gasteiger partial charge in [-0.05, 0) is 26.8 Å².